The molecule has 0 aliphatic carbocycles. The highest BCUT2D eigenvalue weighted by atomic mass is 14.9. The lowest BCUT2D eigenvalue weighted by Gasteiger charge is -2.13. The first-order chi connectivity index (χ1) is 7.58. The molecule has 0 unspecified atom stereocenters. The van der Waals surface area contributed by atoms with E-state index in [1.807, 2.05) is 0 Å². The molecule has 0 amide bonds. The van der Waals surface area contributed by atoms with Gasteiger partial charge < -0.3 is 10.3 Å². The van der Waals surface area contributed by atoms with Gasteiger partial charge in [0.25, 0.3) is 0 Å². The summed E-state index contributed by atoms with van der Waals surface area (Å²) in [5.74, 6) is 0.486. The normalized spacial score (nSPS) is 11.6. The molecule has 86 valence electrons. The van der Waals surface area contributed by atoms with Crippen LogP contribution in [0.4, 0.5) is 5.69 Å². The fourth-order valence-electron chi connectivity index (χ4n) is 1.93. The van der Waals surface area contributed by atoms with Gasteiger partial charge in [0.15, 0.2) is 0 Å². The Bertz CT molecular complexity index is 483. The van der Waals surface area contributed by atoms with Crippen molar-refractivity contribution >= 4 is 16.7 Å². The molecule has 0 atom stereocenters. The van der Waals surface area contributed by atoms with Crippen molar-refractivity contribution in [2.75, 3.05) is 5.32 Å². The van der Waals surface area contributed by atoms with Crippen molar-refractivity contribution in [1.29, 1.82) is 0 Å². The Balaban J connectivity index is 2.53. The second kappa shape index (κ2) is 4.16. The summed E-state index contributed by atoms with van der Waals surface area (Å²) >= 11 is 0. The van der Waals surface area contributed by atoms with Crippen LogP contribution in [0.1, 0.15) is 39.2 Å². The predicted octanol–water partition coefficient (Wildman–Crippen LogP) is 3.51. The fraction of sp³-hybridized carbons (Fsp3) is 0.462. The number of rotatable bonds is 3. The highest BCUT2D eigenvalue weighted by molar-refractivity contribution is 5.83. The first-order valence-electron chi connectivity index (χ1n) is 5.81. The van der Waals surface area contributed by atoms with Crippen molar-refractivity contribution in [3.05, 3.63) is 24.0 Å². The Morgan fingerprint density at radius 3 is 2.56 bits per heavy atom. The fourth-order valence-corrected chi connectivity index (χ4v) is 1.93. The summed E-state index contributed by atoms with van der Waals surface area (Å²) in [6, 6.07) is 4.77. The average Bonchev–Trinajstić information content (AvgIpc) is 2.62. The van der Waals surface area contributed by atoms with Gasteiger partial charge in [0, 0.05) is 11.7 Å². The second-order valence-corrected chi connectivity index (χ2v) is 4.82. The SMILES string of the molecule is CC(C)Nc1cc(C(C)C)c2nc[nH]c2c1. The Morgan fingerprint density at radius 2 is 1.94 bits per heavy atom. The van der Waals surface area contributed by atoms with Crippen molar-refractivity contribution < 1.29 is 0 Å². The van der Waals surface area contributed by atoms with E-state index >= 15 is 0 Å². The van der Waals surface area contributed by atoms with Crippen LogP contribution in [0.15, 0.2) is 18.5 Å². The number of H-pyrrole nitrogens is 1. The number of benzene rings is 1. The van der Waals surface area contributed by atoms with E-state index in [0.717, 1.165) is 16.7 Å². The minimum absolute atomic E-state index is 0.445. The minimum atomic E-state index is 0.445. The molecule has 0 fully saturated rings. The number of hydrogen-bond acceptors (Lipinski definition) is 2. The van der Waals surface area contributed by atoms with Gasteiger partial charge >= 0.3 is 0 Å². The van der Waals surface area contributed by atoms with Gasteiger partial charge in [0.1, 0.15) is 0 Å². The number of fused-ring (bicyclic) bond motifs is 1. The maximum atomic E-state index is 4.38. The smallest absolute Gasteiger partial charge is 0.0932 e. The summed E-state index contributed by atoms with van der Waals surface area (Å²) in [5.41, 5.74) is 4.65. The van der Waals surface area contributed by atoms with Gasteiger partial charge in [-0.3, -0.25) is 0 Å². The molecular weight excluding hydrogens is 198 g/mol. The quantitative estimate of drug-likeness (QED) is 0.826. The van der Waals surface area contributed by atoms with Gasteiger partial charge in [-0.15, -0.1) is 0 Å². The average molecular weight is 217 g/mol. The standard InChI is InChI=1S/C13H19N3/c1-8(2)11-5-10(16-9(3)4)6-12-13(11)15-7-14-12/h5-9,16H,1-4H3,(H,14,15). The number of aromatic amines is 1. The van der Waals surface area contributed by atoms with Gasteiger partial charge in [-0.25, -0.2) is 4.98 Å². The van der Waals surface area contributed by atoms with Crippen LogP contribution in [0.2, 0.25) is 0 Å². The highest BCUT2D eigenvalue weighted by Crippen LogP contribution is 2.27. The molecule has 3 heteroatoms. The number of anilines is 1. The Kier molecular flexibility index (Phi) is 2.86. The molecule has 0 bridgehead atoms. The number of nitrogens with one attached hydrogen (secondary N) is 2. The molecule has 16 heavy (non-hydrogen) atoms. The molecule has 2 rings (SSSR count). The van der Waals surface area contributed by atoms with Crippen LogP contribution in [-0.2, 0) is 0 Å². The minimum Gasteiger partial charge on any atom is -0.383 e. The molecule has 0 aliphatic heterocycles. The Hall–Kier alpha value is -1.51. The summed E-state index contributed by atoms with van der Waals surface area (Å²) in [6.45, 7) is 8.68. The lowest BCUT2D eigenvalue weighted by Crippen LogP contribution is -2.10. The molecule has 2 aromatic rings. The van der Waals surface area contributed by atoms with E-state index in [2.05, 4.69) is 55.1 Å². The molecule has 0 spiro atoms. The van der Waals surface area contributed by atoms with Gasteiger partial charge in [0.05, 0.1) is 17.4 Å². The van der Waals surface area contributed by atoms with E-state index in [9.17, 15) is 0 Å². The van der Waals surface area contributed by atoms with Crippen molar-refractivity contribution in [2.45, 2.75) is 39.7 Å². The van der Waals surface area contributed by atoms with Crippen molar-refractivity contribution in [1.82, 2.24) is 9.97 Å². The van der Waals surface area contributed by atoms with E-state index < -0.39 is 0 Å². The van der Waals surface area contributed by atoms with Gasteiger partial charge in [-0.05, 0) is 37.5 Å². The maximum absolute atomic E-state index is 4.38. The molecule has 2 N–H and O–H groups in total. The van der Waals surface area contributed by atoms with E-state index in [-0.39, 0.29) is 0 Å². The van der Waals surface area contributed by atoms with Crippen LogP contribution in [0.25, 0.3) is 11.0 Å². The molecule has 3 nitrogen and oxygen atoms in total. The van der Waals surface area contributed by atoms with Crippen LogP contribution in [0, 0.1) is 0 Å². The summed E-state index contributed by atoms with van der Waals surface area (Å²) < 4.78 is 0. The van der Waals surface area contributed by atoms with Crippen LogP contribution < -0.4 is 5.32 Å². The zero-order valence-electron chi connectivity index (χ0n) is 10.3. The molecule has 0 radical (unpaired) electrons. The van der Waals surface area contributed by atoms with E-state index in [4.69, 9.17) is 0 Å². The number of nitrogens with zero attached hydrogens (tertiary/aromatic N) is 1. The van der Waals surface area contributed by atoms with Crippen LogP contribution >= 0.6 is 0 Å². The third kappa shape index (κ3) is 2.03. The van der Waals surface area contributed by atoms with E-state index in [0.29, 0.717) is 12.0 Å². The van der Waals surface area contributed by atoms with Crippen molar-refractivity contribution in [3.63, 3.8) is 0 Å². The topological polar surface area (TPSA) is 40.7 Å². The molecule has 0 saturated heterocycles. The third-order valence-electron chi connectivity index (χ3n) is 2.63. The lowest BCUT2D eigenvalue weighted by atomic mass is 10.0. The Morgan fingerprint density at radius 1 is 1.19 bits per heavy atom. The first kappa shape index (κ1) is 11.0. The molecule has 1 aromatic carbocycles. The molecule has 1 aromatic heterocycles. The third-order valence-corrected chi connectivity index (χ3v) is 2.63. The van der Waals surface area contributed by atoms with Crippen molar-refractivity contribution in [3.8, 4) is 0 Å². The molecule has 0 aliphatic rings. The van der Waals surface area contributed by atoms with E-state index in [1.165, 1.54) is 5.56 Å². The zero-order valence-corrected chi connectivity index (χ0v) is 10.3. The predicted molar refractivity (Wildman–Crippen MR) is 68.9 cm³/mol. The molecule has 0 saturated carbocycles. The monoisotopic (exact) mass is 217 g/mol. The van der Waals surface area contributed by atoms with E-state index in [1.54, 1.807) is 6.33 Å². The Labute approximate surface area is 96.3 Å². The largest absolute Gasteiger partial charge is 0.383 e. The van der Waals surface area contributed by atoms with Gasteiger partial charge in [0.2, 0.25) is 0 Å². The zero-order chi connectivity index (χ0) is 11.7. The van der Waals surface area contributed by atoms with Crippen LogP contribution in [-0.4, -0.2) is 16.0 Å². The number of hydrogen-bond donors (Lipinski definition) is 2. The first-order valence-corrected chi connectivity index (χ1v) is 5.81. The molecule has 1 heterocycles. The van der Waals surface area contributed by atoms with Crippen LogP contribution in [0.5, 0.6) is 0 Å². The second-order valence-electron chi connectivity index (χ2n) is 4.82. The summed E-state index contributed by atoms with van der Waals surface area (Å²) in [7, 11) is 0. The van der Waals surface area contributed by atoms with Gasteiger partial charge in [-0.1, -0.05) is 13.8 Å². The maximum Gasteiger partial charge on any atom is 0.0932 e. The summed E-state index contributed by atoms with van der Waals surface area (Å²) in [5, 5.41) is 3.43. The summed E-state index contributed by atoms with van der Waals surface area (Å²) in [6.07, 6.45) is 1.76. The molecular formula is C13H19N3. The number of aromatic nitrogens is 2. The van der Waals surface area contributed by atoms with Gasteiger partial charge in [-0.2, -0.15) is 0 Å². The lowest BCUT2D eigenvalue weighted by molar-refractivity contribution is 0.868. The number of imidazole rings is 1. The highest BCUT2D eigenvalue weighted by Gasteiger charge is 2.09. The van der Waals surface area contributed by atoms with Crippen molar-refractivity contribution in [2.24, 2.45) is 0 Å². The summed E-state index contributed by atoms with van der Waals surface area (Å²) in [4.78, 5) is 7.55. The van der Waals surface area contributed by atoms with Crippen LogP contribution in [0.3, 0.4) is 0 Å².